The number of aromatic hydroxyl groups is 1. The first-order valence-electron chi connectivity index (χ1n) is 5.46. The highest BCUT2D eigenvalue weighted by Crippen LogP contribution is 2.19. The number of hydrogen-bond donors (Lipinski definition) is 3. The Hall–Kier alpha value is -2.34. The number of nitrogens with two attached hydrogens (primary N) is 1. The van der Waals surface area contributed by atoms with E-state index in [0.29, 0.717) is 17.5 Å². The van der Waals surface area contributed by atoms with Crippen molar-refractivity contribution < 1.29 is 19.8 Å². The molecule has 104 valence electrons. The van der Waals surface area contributed by atoms with Gasteiger partial charge in [-0.1, -0.05) is 15.9 Å². The number of anilines is 1. The fraction of sp³-hybridized carbons (Fsp3) is 0. The molecule has 0 heterocycles. The Morgan fingerprint density at radius 3 is 2.20 bits per heavy atom. The summed E-state index contributed by atoms with van der Waals surface area (Å²) < 4.78 is 0.785. The van der Waals surface area contributed by atoms with Crippen molar-refractivity contribution in [3.8, 4) is 5.75 Å². The van der Waals surface area contributed by atoms with E-state index in [1.165, 1.54) is 18.2 Å². The number of nitrogen functional groups attached to an aromatic ring is 1. The lowest BCUT2D eigenvalue weighted by atomic mass is 10.2. The molecule has 4 N–H and O–H groups in total. The second-order valence-corrected chi connectivity index (χ2v) is 4.66. The van der Waals surface area contributed by atoms with Crippen LogP contribution in [0.15, 0.2) is 46.9 Å². The van der Waals surface area contributed by atoms with E-state index in [4.69, 9.17) is 15.9 Å². The predicted molar refractivity (Wildman–Crippen MR) is 79.0 cm³/mol. The van der Waals surface area contributed by atoms with Gasteiger partial charge in [-0.2, -0.15) is 0 Å². The molecule has 0 saturated heterocycles. The predicted octanol–water partition coefficient (Wildman–Crippen LogP) is 2.93. The minimum Gasteiger partial charge on any atom is -0.507 e. The number of hydrogen-bond acceptors (Lipinski definition) is 4. The maximum atomic E-state index is 10.3. The summed E-state index contributed by atoms with van der Waals surface area (Å²) in [6, 6.07) is 10.8. The van der Waals surface area contributed by atoms with E-state index >= 15 is 0 Å². The van der Waals surface area contributed by atoms with E-state index in [1.54, 1.807) is 24.3 Å². The third-order valence-electron chi connectivity index (χ3n) is 2.27. The molecule has 0 radical (unpaired) electrons. The molecule has 0 bridgehead atoms. The Morgan fingerprint density at radius 1 is 1.15 bits per heavy atom. The molecule has 5 nitrogen and oxygen atoms in total. The van der Waals surface area contributed by atoms with Gasteiger partial charge in [0.05, 0.1) is 11.1 Å². The first kappa shape index (κ1) is 15.7. The van der Waals surface area contributed by atoms with E-state index in [0.717, 1.165) is 4.47 Å². The Balaban J connectivity index is 0.000000200. The van der Waals surface area contributed by atoms with Gasteiger partial charge < -0.3 is 15.9 Å². The van der Waals surface area contributed by atoms with Crippen molar-refractivity contribution in [3.05, 3.63) is 58.1 Å². The summed E-state index contributed by atoms with van der Waals surface area (Å²) in [5, 5.41) is 17.4. The highest BCUT2D eigenvalue weighted by molar-refractivity contribution is 9.10. The smallest absolute Gasteiger partial charge is 0.335 e. The Labute approximate surface area is 123 Å². The highest BCUT2D eigenvalue weighted by atomic mass is 79.9. The zero-order valence-electron chi connectivity index (χ0n) is 10.3. The molecule has 0 atom stereocenters. The summed E-state index contributed by atoms with van der Waals surface area (Å²) in [6.07, 6.45) is 0.611. The average Bonchev–Trinajstić information content (AvgIpc) is 2.42. The normalized spacial score (nSPS) is 9.25. The lowest BCUT2D eigenvalue weighted by molar-refractivity contribution is 0.0696. The van der Waals surface area contributed by atoms with Crippen LogP contribution in [0.4, 0.5) is 5.69 Å². The SMILES string of the molecule is Nc1ccc(C(=O)O)cc1.O=Cc1cc(Br)ccc1O. The number of phenolic OH excluding ortho intramolecular Hbond substituents is 1. The molecule has 0 aliphatic rings. The zero-order valence-corrected chi connectivity index (χ0v) is 11.9. The number of phenols is 1. The topological polar surface area (TPSA) is 101 Å². The van der Waals surface area contributed by atoms with Gasteiger partial charge >= 0.3 is 5.97 Å². The van der Waals surface area contributed by atoms with E-state index in [9.17, 15) is 9.59 Å². The maximum Gasteiger partial charge on any atom is 0.335 e. The molecule has 0 aliphatic carbocycles. The molecule has 6 heteroatoms. The monoisotopic (exact) mass is 337 g/mol. The van der Waals surface area contributed by atoms with Crippen LogP contribution >= 0.6 is 15.9 Å². The van der Waals surface area contributed by atoms with Crippen LogP contribution < -0.4 is 5.73 Å². The minimum atomic E-state index is -0.931. The molecule has 2 aromatic rings. The highest BCUT2D eigenvalue weighted by Gasteiger charge is 1.99. The second-order valence-electron chi connectivity index (χ2n) is 3.75. The third-order valence-corrected chi connectivity index (χ3v) is 2.77. The minimum absolute atomic E-state index is 0.0122. The van der Waals surface area contributed by atoms with Gasteiger partial charge in [0.1, 0.15) is 5.75 Å². The lowest BCUT2D eigenvalue weighted by Crippen LogP contribution is -1.95. The summed E-state index contributed by atoms with van der Waals surface area (Å²) in [4.78, 5) is 20.5. The lowest BCUT2D eigenvalue weighted by Gasteiger charge is -1.95. The van der Waals surface area contributed by atoms with Crippen LogP contribution in [0.2, 0.25) is 0 Å². The van der Waals surface area contributed by atoms with Gasteiger partial charge in [-0.15, -0.1) is 0 Å². The van der Waals surface area contributed by atoms with Crippen LogP contribution in [0.5, 0.6) is 5.75 Å². The molecular formula is C14H12BrNO4. The van der Waals surface area contributed by atoms with Crippen molar-refractivity contribution in [2.24, 2.45) is 0 Å². The standard InChI is InChI=1S/C7H5BrO2.C7H7NO2/c8-6-1-2-7(10)5(3-6)4-9;8-6-3-1-5(2-4-6)7(9)10/h1-4,10H;1-4H,8H2,(H,9,10). The first-order chi connectivity index (χ1) is 9.43. The summed E-state index contributed by atoms with van der Waals surface area (Å²) in [5.74, 6) is -0.918. The van der Waals surface area contributed by atoms with Gasteiger partial charge in [0, 0.05) is 10.2 Å². The fourth-order valence-corrected chi connectivity index (χ4v) is 1.62. The summed E-state index contributed by atoms with van der Waals surface area (Å²) in [5.41, 5.74) is 6.47. The number of carboxylic acids is 1. The number of aldehydes is 1. The molecule has 0 amide bonds. The molecule has 0 aromatic heterocycles. The Morgan fingerprint density at radius 2 is 1.75 bits per heavy atom. The van der Waals surface area contributed by atoms with Crippen molar-refractivity contribution >= 4 is 33.9 Å². The summed E-state index contributed by atoms with van der Waals surface area (Å²) >= 11 is 3.17. The van der Waals surface area contributed by atoms with Crippen LogP contribution in [0.1, 0.15) is 20.7 Å². The molecule has 0 saturated carbocycles. The van der Waals surface area contributed by atoms with Crippen LogP contribution in [-0.4, -0.2) is 22.5 Å². The molecule has 20 heavy (non-hydrogen) atoms. The third kappa shape index (κ3) is 4.74. The summed E-state index contributed by atoms with van der Waals surface area (Å²) in [6.45, 7) is 0. The van der Waals surface area contributed by atoms with Crippen molar-refractivity contribution in [2.75, 3.05) is 5.73 Å². The van der Waals surface area contributed by atoms with Crippen molar-refractivity contribution in [1.29, 1.82) is 0 Å². The fourth-order valence-electron chi connectivity index (χ4n) is 1.25. The van der Waals surface area contributed by atoms with Crippen molar-refractivity contribution in [1.82, 2.24) is 0 Å². The van der Waals surface area contributed by atoms with Crippen LogP contribution in [-0.2, 0) is 0 Å². The van der Waals surface area contributed by atoms with Gasteiger partial charge in [0.15, 0.2) is 6.29 Å². The second kappa shape index (κ2) is 7.30. The van der Waals surface area contributed by atoms with Gasteiger partial charge in [0.25, 0.3) is 0 Å². The maximum absolute atomic E-state index is 10.3. The molecule has 2 aromatic carbocycles. The number of carboxylic acid groups (broad SMARTS) is 1. The number of aromatic carboxylic acids is 1. The van der Waals surface area contributed by atoms with Crippen LogP contribution in [0.25, 0.3) is 0 Å². The number of halogens is 1. The molecule has 2 rings (SSSR count). The Kier molecular flexibility index (Phi) is 5.74. The van der Waals surface area contributed by atoms with Crippen molar-refractivity contribution in [3.63, 3.8) is 0 Å². The van der Waals surface area contributed by atoms with E-state index in [-0.39, 0.29) is 11.3 Å². The van der Waals surface area contributed by atoms with E-state index in [1.807, 2.05) is 0 Å². The largest absolute Gasteiger partial charge is 0.507 e. The van der Waals surface area contributed by atoms with E-state index < -0.39 is 5.97 Å². The number of carbonyl (C=O) groups is 2. The van der Waals surface area contributed by atoms with Crippen LogP contribution in [0.3, 0.4) is 0 Å². The van der Waals surface area contributed by atoms with Gasteiger partial charge in [-0.25, -0.2) is 4.79 Å². The number of carbonyl (C=O) groups excluding carboxylic acids is 1. The first-order valence-corrected chi connectivity index (χ1v) is 6.26. The average molecular weight is 338 g/mol. The van der Waals surface area contributed by atoms with Gasteiger partial charge in [0.2, 0.25) is 0 Å². The number of rotatable bonds is 2. The molecule has 0 unspecified atom stereocenters. The summed E-state index contributed by atoms with van der Waals surface area (Å²) in [7, 11) is 0. The van der Waals surface area contributed by atoms with Crippen LogP contribution in [0, 0.1) is 0 Å². The van der Waals surface area contributed by atoms with Gasteiger partial charge in [-0.3, -0.25) is 4.79 Å². The molecule has 0 aliphatic heterocycles. The number of benzene rings is 2. The Bertz CT molecular complexity index is 611. The van der Waals surface area contributed by atoms with Gasteiger partial charge in [-0.05, 0) is 42.5 Å². The zero-order chi connectivity index (χ0) is 15.1. The quantitative estimate of drug-likeness (QED) is 0.577. The van der Waals surface area contributed by atoms with E-state index in [2.05, 4.69) is 15.9 Å². The molecule has 0 spiro atoms. The van der Waals surface area contributed by atoms with Crippen molar-refractivity contribution in [2.45, 2.75) is 0 Å². The molecule has 0 fully saturated rings. The molecular weight excluding hydrogens is 326 g/mol.